The van der Waals surface area contributed by atoms with Crippen molar-refractivity contribution in [1.29, 1.82) is 0 Å². The molecular formula is C17H29NO2. The van der Waals surface area contributed by atoms with Gasteiger partial charge in [-0.3, -0.25) is 4.90 Å². The molecule has 0 aliphatic heterocycles. The second kappa shape index (κ2) is 7.65. The minimum atomic E-state index is -0.467. The van der Waals surface area contributed by atoms with Gasteiger partial charge in [0.1, 0.15) is 5.75 Å². The molecule has 0 aliphatic rings. The molecule has 0 radical (unpaired) electrons. The molecule has 0 heterocycles. The first-order chi connectivity index (χ1) is 9.40. The van der Waals surface area contributed by atoms with Gasteiger partial charge >= 0.3 is 0 Å². The van der Waals surface area contributed by atoms with E-state index in [-0.39, 0.29) is 5.54 Å². The lowest BCUT2D eigenvalue weighted by Crippen LogP contribution is -2.42. The number of aliphatic hydroxyl groups is 1. The van der Waals surface area contributed by atoms with E-state index in [0.717, 1.165) is 30.8 Å². The van der Waals surface area contributed by atoms with Crippen molar-refractivity contribution in [3.63, 3.8) is 0 Å². The first-order valence-corrected chi connectivity index (χ1v) is 7.52. The Balaban J connectivity index is 2.61. The van der Waals surface area contributed by atoms with Crippen LogP contribution in [0.2, 0.25) is 0 Å². The smallest absolute Gasteiger partial charge is 0.119 e. The largest absolute Gasteiger partial charge is 0.494 e. The van der Waals surface area contributed by atoms with Crippen LogP contribution in [0.25, 0.3) is 0 Å². The van der Waals surface area contributed by atoms with Gasteiger partial charge in [0.25, 0.3) is 0 Å². The van der Waals surface area contributed by atoms with Crippen molar-refractivity contribution in [2.45, 2.75) is 52.2 Å². The molecule has 20 heavy (non-hydrogen) atoms. The Morgan fingerprint density at radius 2 is 1.80 bits per heavy atom. The number of nitrogens with zero attached hydrogens (tertiary/aromatic N) is 1. The second-order valence-electron chi connectivity index (χ2n) is 5.98. The summed E-state index contributed by atoms with van der Waals surface area (Å²) >= 11 is 0. The van der Waals surface area contributed by atoms with Crippen LogP contribution in [0.15, 0.2) is 24.3 Å². The summed E-state index contributed by atoms with van der Waals surface area (Å²) in [6.07, 6.45) is 1.59. The summed E-state index contributed by atoms with van der Waals surface area (Å²) in [6, 6.07) is 7.75. The minimum Gasteiger partial charge on any atom is -0.494 e. The van der Waals surface area contributed by atoms with Gasteiger partial charge in [0.2, 0.25) is 0 Å². The second-order valence-corrected chi connectivity index (χ2v) is 5.98. The molecule has 0 bridgehead atoms. The Hall–Kier alpha value is -1.06. The molecule has 1 N–H and O–H groups in total. The highest BCUT2D eigenvalue weighted by molar-refractivity contribution is 5.28. The van der Waals surface area contributed by atoms with E-state index in [1.807, 2.05) is 24.3 Å². The molecule has 3 nitrogen and oxygen atoms in total. The van der Waals surface area contributed by atoms with E-state index in [1.165, 1.54) is 0 Å². The molecule has 1 aromatic rings. The zero-order chi connectivity index (χ0) is 15.2. The number of rotatable bonds is 8. The molecule has 3 heteroatoms. The first kappa shape index (κ1) is 17.0. The summed E-state index contributed by atoms with van der Waals surface area (Å²) in [7, 11) is 2.06. The fraction of sp³-hybridized carbons (Fsp3) is 0.647. The van der Waals surface area contributed by atoms with Crippen molar-refractivity contribution >= 4 is 0 Å². The van der Waals surface area contributed by atoms with Gasteiger partial charge in [-0.2, -0.15) is 0 Å². The lowest BCUT2D eigenvalue weighted by Gasteiger charge is -2.36. The quantitative estimate of drug-likeness (QED) is 0.788. The SMILES string of the molecule is CCCOc1ccc(C(O)CN(C)C(C)(C)CC)cc1. The van der Waals surface area contributed by atoms with Crippen LogP contribution < -0.4 is 4.74 Å². The number of hydrogen-bond acceptors (Lipinski definition) is 3. The van der Waals surface area contributed by atoms with E-state index in [1.54, 1.807) is 0 Å². The molecule has 1 unspecified atom stereocenters. The Bertz CT molecular complexity index is 386. The number of β-amino-alcohol motifs (C(OH)–C–C–N with tert-alkyl or cyclic N) is 1. The number of hydrogen-bond donors (Lipinski definition) is 1. The minimum absolute atomic E-state index is 0.102. The lowest BCUT2D eigenvalue weighted by atomic mass is 9.98. The third-order valence-corrected chi connectivity index (χ3v) is 4.08. The van der Waals surface area contributed by atoms with Crippen LogP contribution in [-0.4, -0.2) is 35.7 Å². The van der Waals surface area contributed by atoms with Crippen molar-refractivity contribution < 1.29 is 9.84 Å². The highest BCUT2D eigenvalue weighted by Crippen LogP contribution is 2.23. The normalized spacial score (nSPS) is 13.6. The van der Waals surface area contributed by atoms with Crippen molar-refractivity contribution in [1.82, 2.24) is 4.90 Å². The molecule has 0 aliphatic carbocycles. The van der Waals surface area contributed by atoms with E-state index in [9.17, 15) is 5.11 Å². The van der Waals surface area contributed by atoms with E-state index in [0.29, 0.717) is 6.54 Å². The van der Waals surface area contributed by atoms with Gasteiger partial charge < -0.3 is 9.84 Å². The van der Waals surface area contributed by atoms with Crippen molar-refractivity contribution in [2.75, 3.05) is 20.2 Å². The summed E-state index contributed by atoms with van der Waals surface area (Å²) in [6.45, 7) is 10.0. The molecule has 1 atom stereocenters. The van der Waals surface area contributed by atoms with Crippen molar-refractivity contribution in [3.05, 3.63) is 29.8 Å². The first-order valence-electron chi connectivity index (χ1n) is 7.52. The van der Waals surface area contributed by atoms with Crippen LogP contribution in [0.4, 0.5) is 0 Å². The Labute approximate surface area is 123 Å². The van der Waals surface area contributed by atoms with Gasteiger partial charge in [-0.15, -0.1) is 0 Å². The third-order valence-electron chi connectivity index (χ3n) is 4.08. The van der Waals surface area contributed by atoms with Gasteiger partial charge in [-0.25, -0.2) is 0 Å². The number of ether oxygens (including phenoxy) is 1. The number of aliphatic hydroxyl groups excluding tert-OH is 1. The Morgan fingerprint density at radius 1 is 1.20 bits per heavy atom. The van der Waals surface area contributed by atoms with Crippen LogP contribution in [0.1, 0.15) is 52.2 Å². The standard InChI is InChI=1S/C17H29NO2/c1-6-12-20-15-10-8-14(9-11-15)16(19)13-18(5)17(3,4)7-2/h8-11,16,19H,6-7,12-13H2,1-5H3. The molecule has 0 spiro atoms. The predicted octanol–water partition coefficient (Wildman–Crippen LogP) is 3.63. The fourth-order valence-electron chi connectivity index (χ4n) is 1.89. The molecular weight excluding hydrogens is 250 g/mol. The van der Waals surface area contributed by atoms with Crippen molar-refractivity contribution in [3.8, 4) is 5.75 Å². The van der Waals surface area contributed by atoms with Gasteiger partial charge in [0, 0.05) is 12.1 Å². The van der Waals surface area contributed by atoms with E-state index >= 15 is 0 Å². The molecule has 0 fully saturated rings. The van der Waals surface area contributed by atoms with Crippen molar-refractivity contribution in [2.24, 2.45) is 0 Å². The van der Waals surface area contributed by atoms with Crippen LogP contribution in [0, 0.1) is 0 Å². The molecule has 0 saturated heterocycles. The topological polar surface area (TPSA) is 32.7 Å². The summed E-state index contributed by atoms with van der Waals surface area (Å²) in [5.41, 5.74) is 1.04. The maximum Gasteiger partial charge on any atom is 0.119 e. The molecule has 1 rings (SSSR count). The zero-order valence-electron chi connectivity index (χ0n) is 13.5. The Morgan fingerprint density at radius 3 is 2.30 bits per heavy atom. The van der Waals surface area contributed by atoms with Crippen LogP contribution >= 0.6 is 0 Å². The van der Waals surface area contributed by atoms with E-state index in [4.69, 9.17) is 4.74 Å². The predicted molar refractivity (Wildman–Crippen MR) is 84.2 cm³/mol. The van der Waals surface area contributed by atoms with Crippen LogP contribution in [0.5, 0.6) is 5.75 Å². The molecule has 1 aromatic carbocycles. The number of benzene rings is 1. The monoisotopic (exact) mass is 279 g/mol. The lowest BCUT2D eigenvalue weighted by molar-refractivity contribution is 0.0686. The van der Waals surface area contributed by atoms with Gasteiger partial charge in [0.05, 0.1) is 12.7 Å². The maximum atomic E-state index is 10.3. The third kappa shape index (κ3) is 4.80. The van der Waals surface area contributed by atoms with Gasteiger partial charge in [-0.1, -0.05) is 26.0 Å². The molecule has 0 saturated carbocycles. The molecule has 114 valence electrons. The van der Waals surface area contributed by atoms with Crippen LogP contribution in [0.3, 0.4) is 0 Å². The average molecular weight is 279 g/mol. The summed E-state index contributed by atoms with van der Waals surface area (Å²) in [4.78, 5) is 2.21. The van der Waals surface area contributed by atoms with Crippen LogP contribution in [-0.2, 0) is 0 Å². The molecule has 0 aromatic heterocycles. The summed E-state index contributed by atoms with van der Waals surface area (Å²) in [5, 5.41) is 10.3. The molecule has 0 amide bonds. The van der Waals surface area contributed by atoms with Gasteiger partial charge in [0.15, 0.2) is 0 Å². The van der Waals surface area contributed by atoms with E-state index in [2.05, 4.69) is 39.6 Å². The maximum absolute atomic E-state index is 10.3. The summed E-state index contributed by atoms with van der Waals surface area (Å²) in [5.74, 6) is 0.866. The average Bonchev–Trinajstić information content (AvgIpc) is 2.45. The van der Waals surface area contributed by atoms with E-state index < -0.39 is 6.10 Å². The van der Waals surface area contributed by atoms with Gasteiger partial charge in [-0.05, 0) is 51.4 Å². The summed E-state index contributed by atoms with van der Waals surface area (Å²) < 4.78 is 5.55. The Kier molecular flexibility index (Phi) is 6.50. The number of likely N-dealkylation sites (N-methyl/N-ethyl adjacent to an activating group) is 1. The zero-order valence-corrected chi connectivity index (χ0v) is 13.5. The highest BCUT2D eigenvalue weighted by Gasteiger charge is 2.23. The highest BCUT2D eigenvalue weighted by atomic mass is 16.5. The fourth-order valence-corrected chi connectivity index (χ4v) is 1.89.